The van der Waals surface area contributed by atoms with Crippen LogP contribution in [0, 0.1) is 0 Å². The van der Waals surface area contributed by atoms with Crippen molar-refractivity contribution in [3.63, 3.8) is 0 Å². The zero-order chi connectivity index (χ0) is 36.1. The fraction of sp³-hybridized carbons (Fsp3) is 0.524. The lowest BCUT2D eigenvalue weighted by molar-refractivity contribution is -0.253. The normalized spacial score (nSPS) is 22.4. The summed E-state index contributed by atoms with van der Waals surface area (Å²) in [4.78, 5) is 28.9. The Kier molecular flexibility index (Phi) is 14.2. The zero-order valence-electron chi connectivity index (χ0n) is 30.4. The summed E-state index contributed by atoms with van der Waals surface area (Å²) in [6.45, 7) is 6.06. The number of rotatable bonds is 17. The molecule has 2 amide bonds. The number of nitrogens with one attached hydrogen (secondary N) is 2. The van der Waals surface area contributed by atoms with E-state index < -0.39 is 6.29 Å². The molecule has 3 fully saturated rings. The van der Waals surface area contributed by atoms with E-state index in [2.05, 4.69) is 63.6 Å². The number of unbranched alkanes of at least 4 members (excludes halogenated alkanes) is 3. The van der Waals surface area contributed by atoms with Gasteiger partial charge in [0.1, 0.15) is 0 Å². The molecule has 3 aromatic rings. The van der Waals surface area contributed by atoms with Crippen molar-refractivity contribution in [1.82, 2.24) is 20.6 Å². The SMILES string of the molecule is O=C(CCCCCCC(=O)NCc1cccc(-c2cccc([C@H]3O[C@@H](CN4CCC[C@H]4CN4CCCC4)C[C@@H](c4ccc(CO)cc4)O3)c2)c1)NO. The van der Waals surface area contributed by atoms with Gasteiger partial charge >= 0.3 is 0 Å². The van der Waals surface area contributed by atoms with E-state index in [4.69, 9.17) is 14.7 Å². The maximum atomic E-state index is 12.5. The third-order valence-corrected chi connectivity index (χ3v) is 10.8. The molecule has 3 aromatic carbocycles. The Bertz CT molecular complexity index is 1580. The Morgan fingerprint density at radius 3 is 2.23 bits per heavy atom. The van der Waals surface area contributed by atoms with Gasteiger partial charge in [-0.3, -0.25) is 19.7 Å². The first kappa shape index (κ1) is 38.1. The minimum atomic E-state index is -0.518. The quantitative estimate of drug-likeness (QED) is 0.0720. The van der Waals surface area contributed by atoms with Crippen molar-refractivity contribution in [3.05, 3.63) is 95.1 Å². The second-order valence-corrected chi connectivity index (χ2v) is 14.7. The first-order chi connectivity index (χ1) is 25.5. The molecule has 0 aromatic heterocycles. The average molecular weight is 713 g/mol. The molecule has 280 valence electrons. The van der Waals surface area contributed by atoms with Crippen LogP contribution in [0.15, 0.2) is 72.8 Å². The molecule has 3 heterocycles. The molecule has 0 saturated carbocycles. The summed E-state index contributed by atoms with van der Waals surface area (Å²) in [5, 5.41) is 21.3. The Labute approximate surface area is 308 Å². The Morgan fingerprint density at radius 1 is 0.750 bits per heavy atom. The first-order valence-electron chi connectivity index (χ1n) is 19.3. The molecule has 0 unspecified atom stereocenters. The predicted octanol–water partition coefficient (Wildman–Crippen LogP) is 6.41. The highest BCUT2D eigenvalue weighted by Gasteiger charge is 2.36. The van der Waals surface area contributed by atoms with E-state index in [1.54, 1.807) is 5.48 Å². The van der Waals surface area contributed by atoms with Gasteiger partial charge in [-0.1, -0.05) is 73.5 Å². The van der Waals surface area contributed by atoms with E-state index in [0.717, 1.165) is 78.7 Å². The Hall–Kier alpha value is -3.64. The van der Waals surface area contributed by atoms with Crippen LogP contribution >= 0.6 is 0 Å². The Morgan fingerprint density at radius 2 is 1.48 bits per heavy atom. The third-order valence-electron chi connectivity index (χ3n) is 10.8. The number of benzene rings is 3. The lowest BCUT2D eigenvalue weighted by Crippen LogP contribution is -2.45. The molecular formula is C42H56N4O6. The summed E-state index contributed by atoms with van der Waals surface area (Å²) in [5.41, 5.74) is 7.76. The zero-order valence-corrected chi connectivity index (χ0v) is 30.4. The minimum absolute atomic E-state index is 0.0125. The van der Waals surface area contributed by atoms with Crippen LogP contribution < -0.4 is 10.8 Å². The number of ether oxygens (including phenoxy) is 2. The van der Waals surface area contributed by atoms with Gasteiger partial charge in [0.25, 0.3) is 0 Å². The van der Waals surface area contributed by atoms with Gasteiger partial charge in [0.2, 0.25) is 11.8 Å². The summed E-state index contributed by atoms with van der Waals surface area (Å²) in [6, 6.07) is 25.3. The lowest BCUT2D eigenvalue weighted by atomic mass is 9.98. The van der Waals surface area contributed by atoms with Crippen LogP contribution in [0.4, 0.5) is 0 Å². The molecule has 3 aliphatic heterocycles. The standard InChI is InChI=1S/C42H56N4O6/c47-30-31-17-19-33(20-18-31)39-26-38(29-46-23-9-14-37(46)28-45-21-5-6-22-45)51-42(52-39)36-13-8-12-35(25-36)34-11-7-10-32(24-34)27-43-40(48)15-3-1-2-4-16-41(49)44-50/h7-8,10-13,17-20,24-25,37-39,42,47,50H,1-6,9,14-16,21-23,26-30H2,(H,43,48)(H,44,49)/t37-,38+,39-,42-/m0/s1. The molecule has 3 aliphatic rings. The van der Waals surface area contributed by atoms with Crippen LogP contribution in [0.3, 0.4) is 0 Å². The largest absolute Gasteiger partial charge is 0.392 e. The number of hydrogen-bond donors (Lipinski definition) is 4. The van der Waals surface area contributed by atoms with Gasteiger partial charge in [0.05, 0.1) is 18.8 Å². The third kappa shape index (κ3) is 10.9. The van der Waals surface area contributed by atoms with Crippen LogP contribution in [-0.2, 0) is 32.2 Å². The highest BCUT2D eigenvalue weighted by molar-refractivity contribution is 5.76. The van der Waals surface area contributed by atoms with Crippen molar-refractivity contribution in [2.45, 2.75) is 108 Å². The molecule has 0 radical (unpaired) electrons. The summed E-state index contributed by atoms with van der Waals surface area (Å²) in [7, 11) is 0. The van der Waals surface area contributed by atoms with Crippen molar-refractivity contribution < 1.29 is 29.4 Å². The maximum Gasteiger partial charge on any atom is 0.243 e. The molecule has 0 bridgehead atoms. The fourth-order valence-corrected chi connectivity index (χ4v) is 7.90. The van der Waals surface area contributed by atoms with Gasteiger partial charge < -0.3 is 24.8 Å². The number of carbonyl (C=O) groups is 2. The van der Waals surface area contributed by atoms with Crippen LogP contribution in [0.1, 0.15) is 105 Å². The van der Waals surface area contributed by atoms with Gasteiger partial charge in [-0.05, 0) is 98.1 Å². The topological polar surface area (TPSA) is 124 Å². The molecule has 4 atom stereocenters. The molecule has 52 heavy (non-hydrogen) atoms. The van der Waals surface area contributed by atoms with Gasteiger partial charge in [0.15, 0.2) is 6.29 Å². The molecule has 4 N–H and O–H groups in total. The average Bonchev–Trinajstić information content (AvgIpc) is 3.87. The number of hydroxylamine groups is 1. The smallest absolute Gasteiger partial charge is 0.243 e. The van der Waals surface area contributed by atoms with Crippen LogP contribution in [-0.4, -0.2) is 76.8 Å². The van der Waals surface area contributed by atoms with Gasteiger partial charge in [-0.2, -0.15) is 0 Å². The number of aliphatic hydroxyl groups is 1. The van der Waals surface area contributed by atoms with Crippen LogP contribution in [0.2, 0.25) is 0 Å². The number of aliphatic hydroxyl groups excluding tert-OH is 1. The number of amides is 2. The molecule has 0 aliphatic carbocycles. The summed E-state index contributed by atoms with van der Waals surface area (Å²) < 4.78 is 13.5. The summed E-state index contributed by atoms with van der Waals surface area (Å²) in [5.74, 6) is -0.362. The van der Waals surface area contributed by atoms with Gasteiger partial charge in [-0.25, -0.2) is 5.48 Å². The van der Waals surface area contributed by atoms with Crippen LogP contribution in [0.25, 0.3) is 11.1 Å². The monoisotopic (exact) mass is 712 g/mol. The van der Waals surface area contributed by atoms with Gasteiger partial charge in [0, 0.05) is 50.5 Å². The summed E-state index contributed by atoms with van der Waals surface area (Å²) >= 11 is 0. The van der Waals surface area contributed by atoms with Crippen molar-refractivity contribution in [2.75, 3.05) is 32.7 Å². The van der Waals surface area contributed by atoms with Gasteiger partial charge in [-0.15, -0.1) is 0 Å². The number of likely N-dealkylation sites (tertiary alicyclic amines) is 2. The minimum Gasteiger partial charge on any atom is -0.392 e. The highest BCUT2D eigenvalue weighted by Crippen LogP contribution is 2.39. The van der Waals surface area contributed by atoms with E-state index in [9.17, 15) is 14.7 Å². The molecular weight excluding hydrogens is 656 g/mol. The fourth-order valence-electron chi connectivity index (χ4n) is 7.90. The summed E-state index contributed by atoms with van der Waals surface area (Å²) in [6.07, 6.45) is 9.15. The number of nitrogens with zero attached hydrogens (tertiary/aromatic N) is 2. The maximum absolute atomic E-state index is 12.5. The van der Waals surface area contributed by atoms with E-state index in [1.807, 2.05) is 24.3 Å². The lowest BCUT2D eigenvalue weighted by Gasteiger charge is -2.39. The van der Waals surface area contributed by atoms with Crippen molar-refractivity contribution in [2.24, 2.45) is 0 Å². The molecule has 6 rings (SSSR count). The van der Waals surface area contributed by atoms with Crippen molar-refractivity contribution in [3.8, 4) is 11.1 Å². The molecule has 10 nitrogen and oxygen atoms in total. The number of carbonyl (C=O) groups excluding carboxylic acids is 2. The molecule has 10 heteroatoms. The first-order valence-corrected chi connectivity index (χ1v) is 19.3. The second-order valence-electron chi connectivity index (χ2n) is 14.7. The van der Waals surface area contributed by atoms with Crippen LogP contribution in [0.5, 0.6) is 0 Å². The number of hydrogen-bond acceptors (Lipinski definition) is 8. The van der Waals surface area contributed by atoms with E-state index in [0.29, 0.717) is 31.8 Å². The molecule has 0 spiro atoms. The van der Waals surface area contributed by atoms with E-state index >= 15 is 0 Å². The van der Waals surface area contributed by atoms with E-state index in [1.165, 1.54) is 38.8 Å². The second kappa shape index (κ2) is 19.4. The highest BCUT2D eigenvalue weighted by atomic mass is 16.7. The van der Waals surface area contributed by atoms with Crippen molar-refractivity contribution >= 4 is 11.8 Å². The molecule has 3 saturated heterocycles. The Balaban J connectivity index is 1.09. The van der Waals surface area contributed by atoms with E-state index in [-0.39, 0.29) is 30.6 Å². The van der Waals surface area contributed by atoms with Crippen molar-refractivity contribution in [1.29, 1.82) is 0 Å². The predicted molar refractivity (Wildman–Crippen MR) is 200 cm³/mol.